The zero-order valence-corrected chi connectivity index (χ0v) is 14.1. The molecule has 0 aromatic heterocycles. The van der Waals surface area contributed by atoms with Crippen LogP contribution in [-0.2, 0) is 6.61 Å². The summed E-state index contributed by atoms with van der Waals surface area (Å²) in [5.41, 5.74) is 2.06. The fourth-order valence-corrected chi connectivity index (χ4v) is 2.95. The molecule has 5 heteroatoms. The first kappa shape index (κ1) is 17.1. The van der Waals surface area contributed by atoms with E-state index in [-0.39, 0.29) is 5.69 Å². The Labute approximate surface area is 147 Å². The quantitative estimate of drug-likeness (QED) is 0.426. The molecule has 130 valence electrons. The molecular formula is C20H22N2O3. The van der Waals surface area contributed by atoms with E-state index in [4.69, 9.17) is 4.74 Å². The summed E-state index contributed by atoms with van der Waals surface area (Å²) < 4.78 is 5.73. The molecule has 0 heterocycles. The van der Waals surface area contributed by atoms with Crippen molar-refractivity contribution in [3.8, 4) is 5.75 Å². The van der Waals surface area contributed by atoms with Gasteiger partial charge >= 0.3 is 0 Å². The second kappa shape index (κ2) is 8.42. The minimum Gasteiger partial charge on any atom is -0.489 e. The number of hydrogen-bond acceptors (Lipinski definition) is 4. The largest absolute Gasteiger partial charge is 0.489 e. The average molecular weight is 338 g/mol. The summed E-state index contributed by atoms with van der Waals surface area (Å²) >= 11 is 0. The molecular weight excluding hydrogens is 316 g/mol. The second-order valence-corrected chi connectivity index (χ2v) is 6.35. The first-order chi connectivity index (χ1) is 12.2. The summed E-state index contributed by atoms with van der Waals surface area (Å²) in [6.45, 7) is 0.382. The SMILES string of the molecule is O=[N+]([O-])c1ccc(COc2ccc(C=NC3CCCCC3)cc2)cc1. The number of nitro groups is 1. The first-order valence-corrected chi connectivity index (χ1v) is 8.70. The Bertz CT molecular complexity index is 718. The lowest BCUT2D eigenvalue weighted by molar-refractivity contribution is -0.384. The maximum Gasteiger partial charge on any atom is 0.269 e. The maximum atomic E-state index is 10.6. The van der Waals surface area contributed by atoms with Crippen LogP contribution in [0.2, 0.25) is 0 Å². The molecule has 3 rings (SSSR count). The molecule has 1 aliphatic carbocycles. The number of non-ortho nitro benzene ring substituents is 1. The van der Waals surface area contributed by atoms with Gasteiger partial charge in [-0.05, 0) is 60.4 Å². The molecule has 1 aliphatic rings. The van der Waals surface area contributed by atoms with Gasteiger partial charge in [0.15, 0.2) is 0 Å². The van der Waals surface area contributed by atoms with E-state index in [2.05, 4.69) is 4.99 Å². The predicted octanol–water partition coefficient (Wildman–Crippen LogP) is 4.93. The summed E-state index contributed by atoms with van der Waals surface area (Å²) in [6.07, 6.45) is 8.28. The molecule has 1 fully saturated rings. The predicted molar refractivity (Wildman–Crippen MR) is 98.3 cm³/mol. The highest BCUT2D eigenvalue weighted by Gasteiger charge is 2.10. The summed E-state index contributed by atoms with van der Waals surface area (Å²) in [5.74, 6) is 0.771. The monoisotopic (exact) mass is 338 g/mol. The Hall–Kier alpha value is -2.69. The van der Waals surface area contributed by atoms with Crippen LogP contribution in [0.15, 0.2) is 53.5 Å². The van der Waals surface area contributed by atoms with Gasteiger partial charge in [0.05, 0.1) is 4.92 Å². The Morgan fingerprint density at radius 2 is 1.72 bits per heavy atom. The van der Waals surface area contributed by atoms with Crippen LogP contribution >= 0.6 is 0 Å². The van der Waals surface area contributed by atoms with Crippen molar-refractivity contribution in [1.82, 2.24) is 0 Å². The average Bonchev–Trinajstić information content (AvgIpc) is 2.67. The van der Waals surface area contributed by atoms with Crippen LogP contribution in [0.25, 0.3) is 0 Å². The highest BCUT2D eigenvalue weighted by molar-refractivity contribution is 5.79. The van der Waals surface area contributed by atoms with E-state index >= 15 is 0 Å². The minimum absolute atomic E-state index is 0.0883. The van der Waals surface area contributed by atoms with E-state index in [0.29, 0.717) is 12.6 Å². The number of nitrogens with zero attached hydrogens (tertiary/aromatic N) is 2. The van der Waals surface area contributed by atoms with Crippen molar-refractivity contribution >= 4 is 11.9 Å². The Morgan fingerprint density at radius 1 is 1.04 bits per heavy atom. The molecule has 0 radical (unpaired) electrons. The van der Waals surface area contributed by atoms with E-state index in [0.717, 1.165) is 16.9 Å². The first-order valence-electron chi connectivity index (χ1n) is 8.70. The molecule has 0 atom stereocenters. The molecule has 5 nitrogen and oxygen atoms in total. The van der Waals surface area contributed by atoms with E-state index in [1.165, 1.54) is 44.2 Å². The summed E-state index contributed by atoms with van der Waals surface area (Å²) in [4.78, 5) is 14.9. The van der Waals surface area contributed by atoms with E-state index in [1.807, 2.05) is 30.5 Å². The highest BCUT2D eigenvalue weighted by Crippen LogP contribution is 2.20. The van der Waals surface area contributed by atoms with Gasteiger partial charge in [0.1, 0.15) is 12.4 Å². The Balaban J connectivity index is 1.51. The molecule has 0 aliphatic heterocycles. The number of aliphatic imine (C=N–C) groups is 1. The maximum absolute atomic E-state index is 10.6. The van der Waals surface area contributed by atoms with E-state index in [9.17, 15) is 10.1 Å². The van der Waals surface area contributed by atoms with Gasteiger partial charge in [-0.15, -0.1) is 0 Å². The summed E-state index contributed by atoms with van der Waals surface area (Å²) in [6, 6.07) is 14.7. The van der Waals surface area contributed by atoms with E-state index in [1.54, 1.807) is 12.1 Å². The van der Waals surface area contributed by atoms with Gasteiger partial charge in [-0.2, -0.15) is 0 Å². The van der Waals surface area contributed by atoms with Crippen LogP contribution in [0.1, 0.15) is 43.2 Å². The lowest BCUT2D eigenvalue weighted by atomic mass is 9.96. The molecule has 1 saturated carbocycles. The van der Waals surface area contributed by atoms with Crippen LogP contribution in [0.4, 0.5) is 5.69 Å². The summed E-state index contributed by atoms with van der Waals surface area (Å²) in [5, 5.41) is 10.6. The van der Waals surface area contributed by atoms with Crippen molar-refractivity contribution in [2.45, 2.75) is 44.8 Å². The van der Waals surface area contributed by atoms with Crippen molar-refractivity contribution in [2.24, 2.45) is 4.99 Å². The van der Waals surface area contributed by atoms with Crippen molar-refractivity contribution in [1.29, 1.82) is 0 Å². The Kier molecular flexibility index (Phi) is 5.77. The van der Waals surface area contributed by atoms with Gasteiger partial charge in [0.25, 0.3) is 5.69 Å². The summed E-state index contributed by atoms with van der Waals surface area (Å²) in [7, 11) is 0. The number of nitro benzene ring substituents is 1. The van der Waals surface area contributed by atoms with Crippen LogP contribution < -0.4 is 4.74 Å². The number of hydrogen-bond donors (Lipinski definition) is 0. The minimum atomic E-state index is -0.405. The van der Waals surface area contributed by atoms with Crippen LogP contribution in [0.3, 0.4) is 0 Å². The zero-order chi connectivity index (χ0) is 17.5. The van der Waals surface area contributed by atoms with Gasteiger partial charge in [0, 0.05) is 24.4 Å². The van der Waals surface area contributed by atoms with Crippen molar-refractivity contribution in [2.75, 3.05) is 0 Å². The molecule has 2 aromatic carbocycles. The van der Waals surface area contributed by atoms with Crippen LogP contribution in [0, 0.1) is 10.1 Å². The van der Waals surface area contributed by atoms with Gasteiger partial charge < -0.3 is 4.74 Å². The second-order valence-electron chi connectivity index (χ2n) is 6.35. The van der Waals surface area contributed by atoms with Crippen molar-refractivity contribution in [3.05, 3.63) is 69.8 Å². The molecule has 0 unspecified atom stereocenters. The number of benzene rings is 2. The molecule has 0 bridgehead atoms. The molecule has 0 N–H and O–H groups in total. The zero-order valence-electron chi connectivity index (χ0n) is 14.1. The molecule has 25 heavy (non-hydrogen) atoms. The third-order valence-corrected chi connectivity index (χ3v) is 4.44. The topological polar surface area (TPSA) is 64.7 Å². The molecule has 2 aromatic rings. The fraction of sp³-hybridized carbons (Fsp3) is 0.350. The fourth-order valence-electron chi connectivity index (χ4n) is 2.95. The van der Waals surface area contributed by atoms with Gasteiger partial charge in [-0.3, -0.25) is 15.1 Å². The van der Waals surface area contributed by atoms with Gasteiger partial charge in [-0.25, -0.2) is 0 Å². The van der Waals surface area contributed by atoms with Gasteiger partial charge in [0.2, 0.25) is 0 Å². The molecule has 0 spiro atoms. The lowest BCUT2D eigenvalue weighted by Crippen LogP contribution is -2.09. The van der Waals surface area contributed by atoms with Crippen molar-refractivity contribution in [3.63, 3.8) is 0 Å². The third kappa shape index (κ3) is 5.14. The highest BCUT2D eigenvalue weighted by atomic mass is 16.6. The van der Waals surface area contributed by atoms with E-state index < -0.39 is 4.92 Å². The number of ether oxygens (including phenoxy) is 1. The lowest BCUT2D eigenvalue weighted by Gasteiger charge is -2.17. The smallest absolute Gasteiger partial charge is 0.269 e. The van der Waals surface area contributed by atoms with Crippen LogP contribution in [0.5, 0.6) is 5.75 Å². The Morgan fingerprint density at radius 3 is 2.36 bits per heavy atom. The molecule has 0 amide bonds. The number of rotatable bonds is 6. The molecule has 0 saturated heterocycles. The normalized spacial score (nSPS) is 15.4. The standard InChI is InChI=1S/C20H22N2O3/c23-22(24)19-10-6-17(7-11-19)15-25-20-12-8-16(9-13-20)14-21-18-4-2-1-3-5-18/h6-14,18H,1-5,15H2. The third-order valence-electron chi connectivity index (χ3n) is 4.44. The van der Waals surface area contributed by atoms with Gasteiger partial charge in [-0.1, -0.05) is 19.3 Å². The van der Waals surface area contributed by atoms with Crippen molar-refractivity contribution < 1.29 is 9.66 Å². The van der Waals surface area contributed by atoms with Crippen LogP contribution in [-0.4, -0.2) is 17.2 Å².